The van der Waals surface area contributed by atoms with Gasteiger partial charge in [-0.25, -0.2) is 0 Å². The lowest BCUT2D eigenvalue weighted by molar-refractivity contribution is -0.128. The van der Waals surface area contributed by atoms with Gasteiger partial charge >= 0.3 is 0 Å². The summed E-state index contributed by atoms with van der Waals surface area (Å²) in [6.45, 7) is 8.05. The van der Waals surface area contributed by atoms with Crippen LogP contribution in [0.4, 0.5) is 0 Å². The minimum Gasteiger partial charge on any atom is -0.348 e. The summed E-state index contributed by atoms with van der Waals surface area (Å²) in [6, 6.07) is 0. The van der Waals surface area contributed by atoms with Crippen LogP contribution in [-0.2, 0) is 24.0 Å². The maximum atomic E-state index is 11.3. The van der Waals surface area contributed by atoms with Gasteiger partial charge in [-0.1, -0.05) is 27.7 Å². The summed E-state index contributed by atoms with van der Waals surface area (Å²) in [7, 11) is 0. The molecule has 10 heteroatoms. The summed E-state index contributed by atoms with van der Waals surface area (Å²) >= 11 is 0. The zero-order chi connectivity index (χ0) is 20.3. The fourth-order valence-electron chi connectivity index (χ4n) is 1.02. The Kier molecular flexibility index (Phi) is 21.4. The van der Waals surface area contributed by atoms with Crippen LogP contribution >= 0.6 is 0 Å². The van der Waals surface area contributed by atoms with Crippen molar-refractivity contribution in [1.29, 1.82) is 0 Å². The van der Waals surface area contributed by atoms with Gasteiger partial charge in [0.1, 0.15) is 5.78 Å². The van der Waals surface area contributed by atoms with Gasteiger partial charge in [0.05, 0.1) is 32.7 Å². The quantitative estimate of drug-likeness (QED) is 0.359. The molecule has 0 saturated carbocycles. The van der Waals surface area contributed by atoms with Crippen LogP contribution in [0, 0.1) is 0 Å². The van der Waals surface area contributed by atoms with Crippen LogP contribution in [-0.4, -0.2) is 62.1 Å². The largest absolute Gasteiger partial charge is 0.348 e. The molecule has 4 amide bonds. The van der Waals surface area contributed by atoms with Crippen LogP contribution in [0.2, 0.25) is 0 Å². The van der Waals surface area contributed by atoms with E-state index < -0.39 is 23.6 Å². The number of hydrogen-bond donors (Lipinski definition) is 5. The van der Waals surface area contributed by atoms with E-state index in [0.717, 1.165) is 0 Å². The minimum atomic E-state index is -0.577. The third kappa shape index (κ3) is 21.5. The molecule has 0 aromatic carbocycles. The highest BCUT2D eigenvalue weighted by atomic mass is 16.2. The second kappa shape index (κ2) is 19.6. The number of ketones is 1. The van der Waals surface area contributed by atoms with E-state index in [9.17, 15) is 24.0 Å². The molecule has 6 N–H and O–H groups in total. The van der Waals surface area contributed by atoms with Crippen LogP contribution in [0.25, 0.3) is 0 Å². The molecule has 0 bridgehead atoms. The molecule has 0 unspecified atom stereocenters. The molecule has 156 valence electrons. The summed E-state index contributed by atoms with van der Waals surface area (Å²) in [4.78, 5) is 55.1. The maximum absolute atomic E-state index is 11.3. The van der Waals surface area contributed by atoms with Crippen LogP contribution in [0.5, 0.6) is 0 Å². The molecule has 0 aliphatic carbocycles. The molecule has 0 heterocycles. The Morgan fingerprint density at radius 1 is 0.640 bits per heavy atom. The van der Waals surface area contributed by atoms with E-state index in [1.54, 1.807) is 0 Å². The SMILES string of the molecule is CC.CC.CC(=O)CNC(=O)CNC(=O)CNC(=O)CNC(=O)CN.[HH].[HH].[HH].[HH].[HH]. The average molecular weight is 372 g/mol. The van der Waals surface area contributed by atoms with Crippen LogP contribution in [0.3, 0.4) is 0 Å². The molecule has 25 heavy (non-hydrogen) atoms. The molecule has 0 aliphatic heterocycles. The van der Waals surface area contributed by atoms with E-state index >= 15 is 0 Å². The Hall–Kier alpha value is -2.49. The second-order valence-electron chi connectivity index (χ2n) is 4.01. The zero-order valence-electron chi connectivity index (χ0n) is 15.7. The Labute approximate surface area is 156 Å². The van der Waals surface area contributed by atoms with Gasteiger partial charge in [0.25, 0.3) is 0 Å². The Bertz CT molecular complexity index is 446. The highest BCUT2D eigenvalue weighted by Crippen LogP contribution is 1.71. The molecule has 0 rings (SSSR count). The van der Waals surface area contributed by atoms with Crippen molar-refractivity contribution in [2.24, 2.45) is 5.73 Å². The first-order valence-electron chi connectivity index (χ1n) is 8.11. The van der Waals surface area contributed by atoms with E-state index in [0.29, 0.717) is 0 Å². The highest BCUT2D eigenvalue weighted by molar-refractivity contribution is 5.91. The molecule has 0 fully saturated rings. The number of nitrogens with two attached hydrogens (primary N) is 1. The number of rotatable bonds is 9. The number of carbonyl (C=O) groups excluding carboxylic acids is 5. The summed E-state index contributed by atoms with van der Waals surface area (Å²) in [5.74, 6) is -2.35. The molecule has 10 nitrogen and oxygen atoms in total. The summed E-state index contributed by atoms with van der Waals surface area (Å²) < 4.78 is 0. The zero-order valence-corrected chi connectivity index (χ0v) is 15.7. The topological polar surface area (TPSA) is 159 Å². The second-order valence-corrected chi connectivity index (χ2v) is 4.01. The summed E-state index contributed by atoms with van der Waals surface area (Å²) in [5.41, 5.74) is 5.02. The summed E-state index contributed by atoms with van der Waals surface area (Å²) in [6.07, 6.45) is 0. The van der Waals surface area contributed by atoms with Crippen molar-refractivity contribution in [2.75, 3.05) is 32.7 Å². The Morgan fingerprint density at radius 2 is 0.920 bits per heavy atom. The van der Waals surface area contributed by atoms with E-state index in [-0.39, 0.29) is 45.6 Å². The monoisotopic (exact) mass is 371 g/mol. The first-order chi connectivity index (χ1) is 11.8. The lowest BCUT2D eigenvalue weighted by atomic mass is 10.4. The van der Waals surface area contributed by atoms with Gasteiger partial charge in [0.2, 0.25) is 23.6 Å². The highest BCUT2D eigenvalue weighted by Gasteiger charge is 2.08. The number of hydrogen-bond acceptors (Lipinski definition) is 6. The minimum absolute atomic E-state index is 0. The standard InChI is InChI=1S/C11H19N5O5.2C2H6.5H2/c1-7(17)3-13-9(19)5-15-11(21)6-16-10(20)4-14-8(18)2-12;2*1-2;;;;;/h2-6,12H2,1H3,(H,13,19)(H,14,18)(H,15,21)(H,16,20);2*1-2H3;5*1H. The van der Waals surface area contributed by atoms with Gasteiger partial charge in [-0.15, -0.1) is 0 Å². The molecule has 0 atom stereocenters. The fraction of sp³-hybridized carbons (Fsp3) is 0.667. The molecular formula is C15H41N5O5. The van der Waals surface area contributed by atoms with Gasteiger partial charge in [0.15, 0.2) is 0 Å². The summed E-state index contributed by atoms with van der Waals surface area (Å²) in [5, 5.41) is 9.02. The molecular weight excluding hydrogens is 330 g/mol. The van der Waals surface area contributed by atoms with E-state index in [4.69, 9.17) is 5.73 Å². The molecule has 0 radical (unpaired) electrons. The van der Waals surface area contributed by atoms with Gasteiger partial charge in [-0.3, -0.25) is 24.0 Å². The van der Waals surface area contributed by atoms with E-state index in [1.165, 1.54) is 6.92 Å². The van der Waals surface area contributed by atoms with Gasteiger partial charge in [-0.05, 0) is 6.92 Å². The van der Waals surface area contributed by atoms with E-state index in [2.05, 4.69) is 21.3 Å². The lowest BCUT2D eigenvalue weighted by Gasteiger charge is -2.07. The lowest BCUT2D eigenvalue weighted by Crippen LogP contribution is -2.45. The van der Waals surface area contributed by atoms with Crippen molar-refractivity contribution in [3.05, 3.63) is 0 Å². The molecule has 0 aliphatic rings. The van der Waals surface area contributed by atoms with Crippen molar-refractivity contribution < 1.29 is 31.1 Å². The third-order valence-corrected chi connectivity index (χ3v) is 2.06. The smallest absolute Gasteiger partial charge is 0.239 e. The predicted molar refractivity (Wildman–Crippen MR) is 105 cm³/mol. The molecule has 0 saturated heterocycles. The molecule has 0 aromatic heterocycles. The number of nitrogens with one attached hydrogen (secondary N) is 4. The number of amides is 4. The molecule has 0 spiro atoms. The first kappa shape index (κ1) is 27.4. The molecule has 0 aromatic rings. The van der Waals surface area contributed by atoms with Crippen LogP contribution < -0.4 is 27.0 Å². The van der Waals surface area contributed by atoms with E-state index in [1.807, 2.05) is 27.7 Å². The van der Waals surface area contributed by atoms with Crippen LogP contribution in [0.15, 0.2) is 0 Å². The normalized spacial score (nSPS) is 8.40. The number of Topliss-reactive ketones (excluding diaryl/α,β-unsaturated/α-hetero) is 1. The van der Waals surface area contributed by atoms with Crippen molar-refractivity contribution in [1.82, 2.24) is 21.3 Å². The first-order valence-corrected chi connectivity index (χ1v) is 8.11. The maximum Gasteiger partial charge on any atom is 0.239 e. The number of carbonyl (C=O) groups is 5. The fourth-order valence-corrected chi connectivity index (χ4v) is 1.02. The van der Waals surface area contributed by atoms with Crippen LogP contribution in [0.1, 0.15) is 41.8 Å². The third-order valence-electron chi connectivity index (χ3n) is 2.06. The van der Waals surface area contributed by atoms with Crippen molar-refractivity contribution >= 4 is 29.4 Å². The Balaban J connectivity index is -0.0000000841. The van der Waals surface area contributed by atoms with Gasteiger partial charge < -0.3 is 27.0 Å². The Morgan fingerprint density at radius 3 is 1.20 bits per heavy atom. The predicted octanol–water partition coefficient (Wildman–Crippen LogP) is -0.719. The van der Waals surface area contributed by atoms with Crippen molar-refractivity contribution in [3.63, 3.8) is 0 Å². The van der Waals surface area contributed by atoms with Gasteiger partial charge in [-0.2, -0.15) is 0 Å². The average Bonchev–Trinajstić information content (AvgIpc) is 2.64. The van der Waals surface area contributed by atoms with Crippen molar-refractivity contribution in [2.45, 2.75) is 34.6 Å². The van der Waals surface area contributed by atoms with Gasteiger partial charge in [0, 0.05) is 7.13 Å². The van der Waals surface area contributed by atoms with Crippen molar-refractivity contribution in [3.8, 4) is 0 Å².